The molecule has 2 saturated heterocycles. The van der Waals surface area contributed by atoms with Gasteiger partial charge in [-0.3, -0.25) is 24.2 Å². The number of phenols is 1. The van der Waals surface area contributed by atoms with Gasteiger partial charge in [0.05, 0.1) is 57.2 Å². The molecular weight excluding hydrogens is 1170 g/mol. The van der Waals surface area contributed by atoms with E-state index in [0.29, 0.717) is 70.7 Å². The van der Waals surface area contributed by atoms with Crippen molar-refractivity contribution >= 4 is 72.1 Å². The second kappa shape index (κ2) is 27.8. The van der Waals surface area contributed by atoms with E-state index in [1.54, 1.807) is 78.9 Å². The standard InChI is InChI=1S/C63H70N10O11S3/c1-40-36-72(87(83,84)50-28-26-49(27-29-50)86(81,82)56-15-10-13-45-33-46(40)34-65-59(45)56)38-54(75)53(32-42-20-24-48(74)25-21-42)73-37-47(70-71-73)35-66-62(79)51(31-41-18-22-44(23-19-41)61(78)43-11-4-2-5-12-43)67-58(77)17-6-3-9-30-64-57(76)16-8-7-14-55-60-52(39-85-55)68-63(80)69-60/h2,4-5,10-13,15,18-29,33-34,37,40,51-55,60,74-75H,3,6-9,14,16-17,30-32,35-36,38-39H2,1H3,(H,64,76)(H,66,79)(H,67,77)(H2,68,69,80)/t40?,51-,52-,53-,54?,55-,60-/m0/s1. The molecule has 7 aromatic rings. The molecule has 5 amide bonds. The van der Waals surface area contributed by atoms with Crippen LogP contribution in [0, 0.1) is 0 Å². The fourth-order valence-corrected chi connectivity index (χ4v) is 15.8. The SMILES string of the molecule is CC1CN(CC(O)[C@H](Cc2ccc(O)cc2)n2cc(CNC(=O)[C@H](Cc3ccc(C(=O)c4ccccc4)cc3)NC(=O)CCCCCNC(=O)CCCC[C@@H]3SC[C@@H]4NC(=O)N[C@@H]43)nn2)S(=O)(=O)c2ccc(cc2)S(=O)(=O)c2cccc3cc1cnc23. The number of nitrogens with zero attached hydrogens (tertiary/aromatic N) is 5. The van der Waals surface area contributed by atoms with Crippen molar-refractivity contribution in [3.05, 3.63) is 173 Å². The van der Waals surface area contributed by atoms with Gasteiger partial charge in [0.25, 0.3) is 0 Å². The number of carbonyl (C=O) groups excluding carboxylic acids is 5. The van der Waals surface area contributed by atoms with Crippen LogP contribution < -0.4 is 26.6 Å². The first kappa shape index (κ1) is 62.0. The number of ketones is 1. The number of pyridine rings is 1. The molecule has 8 heterocycles. The van der Waals surface area contributed by atoms with Gasteiger partial charge in [-0.05, 0) is 103 Å². The lowest BCUT2D eigenvalue weighted by Gasteiger charge is -2.31. The van der Waals surface area contributed by atoms with E-state index in [0.717, 1.165) is 29.3 Å². The molecular formula is C63H70N10O11S3. The Hall–Kier alpha value is -8.03. The lowest BCUT2D eigenvalue weighted by atomic mass is 9.99. The highest BCUT2D eigenvalue weighted by molar-refractivity contribution is 8.00. The number of phenolic OH excluding ortho intramolecular Hbond substituents is 1. The molecule has 21 nitrogen and oxygen atoms in total. The molecule has 6 bridgehead atoms. The van der Waals surface area contributed by atoms with Crippen LogP contribution in [0.1, 0.15) is 109 Å². The van der Waals surface area contributed by atoms with E-state index >= 15 is 0 Å². The predicted molar refractivity (Wildman–Crippen MR) is 327 cm³/mol. The minimum Gasteiger partial charge on any atom is -0.508 e. The smallest absolute Gasteiger partial charge is 0.315 e. The highest BCUT2D eigenvalue weighted by Gasteiger charge is 2.42. The summed E-state index contributed by atoms with van der Waals surface area (Å²) in [6.07, 6.45) is 6.68. The van der Waals surface area contributed by atoms with Gasteiger partial charge in [-0.15, -0.1) is 5.10 Å². The van der Waals surface area contributed by atoms with E-state index in [1.807, 2.05) is 24.8 Å². The molecule has 0 saturated carbocycles. The third-order valence-electron chi connectivity index (χ3n) is 16.2. The Morgan fingerprint density at radius 2 is 1.47 bits per heavy atom. The van der Waals surface area contributed by atoms with Gasteiger partial charge in [-0.2, -0.15) is 16.1 Å². The van der Waals surface area contributed by atoms with Crippen molar-refractivity contribution in [3.8, 4) is 5.75 Å². The number of benzene rings is 5. The lowest BCUT2D eigenvalue weighted by molar-refractivity contribution is -0.129. The minimum absolute atomic E-state index is 0.00384. The maximum atomic E-state index is 14.7. The van der Waals surface area contributed by atoms with Gasteiger partial charge in [-0.1, -0.05) is 104 Å². The molecule has 6 aliphatic rings. The first-order chi connectivity index (χ1) is 41.9. The average Bonchev–Trinajstić information content (AvgIpc) is 2.17. The molecule has 456 valence electrons. The van der Waals surface area contributed by atoms with Crippen LogP contribution in [0.4, 0.5) is 4.79 Å². The van der Waals surface area contributed by atoms with Crippen LogP contribution in [0.5, 0.6) is 5.75 Å². The van der Waals surface area contributed by atoms with Gasteiger partial charge in [0.15, 0.2) is 5.78 Å². The molecule has 87 heavy (non-hydrogen) atoms. The number of sulfonamides is 1. The molecule has 7 atom stereocenters. The second-order valence-electron chi connectivity index (χ2n) is 22.5. The maximum absolute atomic E-state index is 14.7. The summed E-state index contributed by atoms with van der Waals surface area (Å²) < 4.78 is 59.8. The molecule has 2 fully saturated rings. The number of aliphatic hydroxyl groups excluding tert-OH is 1. The number of thioether (sulfide) groups is 1. The highest BCUT2D eigenvalue weighted by Crippen LogP contribution is 2.35. The molecule has 5 aromatic carbocycles. The number of urea groups is 1. The van der Waals surface area contributed by atoms with E-state index in [-0.39, 0.29) is 99.7 Å². The lowest BCUT2D eigenvalue weighted by Crippen LogP contribution is -2.47. The quantitative estimate of drug-likeness (QED) is 0.0188. The number of aromatic nitrogens is 4. The summed E-state index contributed by atoms with van der Waals surface area (Å²) in [7, 11) is -8.52. The molecule has 2 aromatic heterocycles. The molecule has 13 rings (SSSR count). The number of aliphatic hydroxyl groups is 1. The number of fused-ring (bicyclic) bond motifs is 1. The summed E-state index contributed by atoms with van der Waals surface area (Å²) in [6.45, 7) is 1.57. The van der Waals surface area contributed by atoms with Crippen molar-refractivity contribution in [3.63, 3.8) is 0 Å². The number of para-hydroxylation sites is 1. The number of sulfone groups is 1. The number of aromatic hydroxyl groups is 1. The number of hydrogen-bond donors (Lipinski definition) is 7. The van der Waals surface area contributed by atoms with E-state index in [1.165, 1.54) is 59.5 Å². The first-order valence-corrected chi connectivity index (χ1v) is 33.2. The van der Waals surface area contributed by atoms with Gasteiger partial charge < -0.3 is 36.8 Å². The fourth-order valence-electron chi connectivity index (χ4n) is 11.3. The van der Waals surface area contributed by atoms with E-state index in [9.17, 15) is 51.0 Å². The number of carbonyl (C=O) groups is 5. The van der Waals surface area contributed by atoms with Crippen molar-refractivity contribution < 1.29 is 51.0 Å². The van der Waals surface area contributed by atoms with Crippen molar-refractivity contribution in [2.24, 2.45) is 0 Å². The number of amides is 5. The van der Waals surface area contributed by atoms with Crippen molar-refractivity contribution in [1.29, 1.82) is 0 Å². The van der Waals surface area contributed by atoms with Crippen LogP contribution in [0.15, 0.2) is 154 Å². The first-order valence-electron chi connectivity index (χ1n) is 29.2. The topological polar surface area (TPSA) is 301 Å². The Morgan fingerprint density at radius 3 is 2.24 bits per heavy atom. The Balaban J connectivity index is 0.795. The van der Waals surface area contributed by atoms with Crippen LogP contribution in [-0.2, 0) is 53.6 Å². The summed E-state index contributed by atoms with van der Waals surface area (Å²) in [4.78, 5) is 69.6. The monoisotopic (exact) mass is 1240 g/mol. The molecule has 2 unspecified atom stereocenters. The summed E-state index contributed by atoms with van der Waals surface area (Å²) in [5, 5.41) is 46.8. The highest BCUT2D eigenvalue weighted by atomic mass is 32.2. The zero-order valence-corrected chi connectivity index (χ0v) is 50.4. The normalized spacial score (nSPS) is 19.5. The second-order valence-corrected chi connectivity index (χ2v) is 27.6. The third-order valence-corrected chi connectivity index (χ3v) is 21.3. The average molecular weight is 1240 g/mol. The minimum atomic E-state index is -4.41. The van der Waals surface area contributed by atoms with Crippen LogP contribution in [0.2, 0.25) is 0 Å². The summed E-state index contributed by atoms with van der Waals surface area (Å²) in [5.41, 5.74) is 3.51. The molecule has 0 radical (unpaired) electrons. The van der Waals surface area contributed by atoms with Gasteiger partial charge >= 0.3 is 6.03 Å². The Bertz CT molecular complexity index is 3840. The Morgan fingerprint density at radius 1 is 0.770 bits per heavy atom. The Labute approximate surface area is 509 Å². The van der Waals surface area contributed by atoms with Crippen molar-refractivity contribution in [2.75, 3.05) is 25.4 Å². The molecule has 0 spiro atoms. The van der Waals surface area contributed by atoms with E-state index < -0.39 is 56.4 Å². The number of hydrogen-bond acceptors (Lipinski definition) is 15. The zero-order chi connectivity index (χ0) is 61.2. The van der Waals surface area contributed by atoms with Crippen molar-refractivity contribution in [1.82, 2.24) is 50.9 Å². The van der Waals surface area contributed by atoms with Gasteiger partial charge in [0, 0.05) is 72.6 Å². The molecule has 6 aliphatic heterocycles. The fraction of sp³-hybridized carbons (Fsp3) is 0.365. The van der Waals surface area contributed by atoms with Crippen LogP contribution >= 0.6 is 11.8 Å². The summed E-state index contributed by atoms with van der Waals surface area (Å²) >= 11 is 1.85. The molecule has 24 heteroatoms. The largest absolute Gasteiger partial charge is 0.508 e. The van der Waals surface area contributed by atoms with Crippen LogP contribution in [0.25, 0.3) is 10.9 Å². The zero-order valence-electron chi connectivity index (χ0n) is 48.0. The summed E-state index contributed by atoms with van der Waals surface area (Å²) in [6, 6.07) is 31.7. The third kappa shape index (κ3) is 15.2. The Kier molecular flexibility index (Phi) is 19.8. The van der Waals surface area contributed by atoms with Gasteiger partial charge in [0.1, 0.15) is 17.5 Å². The summed E-state index contributed by atoms with van der Waals surface area (Å²) in [5.74, 6) is -0.679. The van der Waals surface area contributed by atoms with Crippen molar-refractivity contribution in [2.45, 2.75) is 134 Å². The molecule has 0 aliphatic carbocycles. The van der Waals surface area contributed by atoms with E-state index in [2.05, 4.69) is 41.9 Å². The van der Waals surface area contributed by atoms with Crippen LogP contribution in [-0.4, -0.2) is 136 Å². The number of rotatable bonds is 25. The molecule has 7 N–H and O–H groups in total. The number of unbranched alkanes of at least 4 members (excludes halogenated alkanes) is 3. The maximum Gasteiger partial charge on any atom is 0.315 e. The van der Waals surface area contributed by atoms with Gasteiger partial charge in [-0.25, -0.2) is 26.3 Å². The van der Waals surface area contributed by atoms with Gasteiger partial charge in [0.2, 0.25) is 37.6 Å². The van der Waals surface area contributed by atoms with E-state index in [4.69, 9.17) is 0 Å². The van der Waals surface area contributed by atoms with Crippen LogP contribution in [0.3, 0.4) is 0 Å². The predicted octanol–water partition coefficient (Wildman–Crippen LogP) is 6.29. The number of nitrogens with one attached hydrogen (secondary N) is 5.